The van der Waals surface area contributed by atoms with E-state index in [0.29, 0.717) is 0 Å². The van der Waals surface area contributed by atoms with Crippen LogP contribution < -0.4 is 15.7 Å². The standard InChI is InChI=1S/C9H11N5/c1-3-10-4-2-8(1)7-13-14-9-11-5-6-12-9/h1-4,7H,5-6H2,(H2,11,12,14)/p+1/b13-7-. The molecule has 0 aromatic carbocycles. The normalized spacial score (nSPS) is 15.3. The van der Waals surface area contributed by atoms with E-state index in [1.165, 1.54) is 0 Å². The fraction of sp³-hybridized carbons (Fsp3) is 0.222. The first-order chi connectivity index (χ1) is 6.95. The molecule has 0 saturated carbocycles. The van der Waals surface area contributed by atoms with Crippen LogP contribution in [0.3, 0.4) is 0 Å². The zero-order valence-corrected chi connectivity index (χ0v) is 7.70. The summed E-state index contributed by atoms with van der Waals surface area (Å²) in [6.45, 7) is 1.70. The average Bonchev–Trinajstić information content (AvgIpc) is 2.72. The van der Waals surface area contributed by atoms with Gasteiger partial charge in [-0.1, -0.05) is 0 Å². The Morgan fingerprint density at radius 1 is 1.50 bits per heavy atom. The topological polar surface area (TPSA) is 62.9 Å². The summed E-state index contributed by atoms with van der Waals surface area (Å²) >= 11 is 0. The second-order valence-electron chi connectivity index (χ2n) is 2.86. The molecule has 0 spiro atoms. The van der Waals surface area contributed by atoms with Crippen molar-refractivity contribution < 1.29 is 4.98 Å². The summed E-state index contributed by atoms with van der Waals surface area (Å²) in [5, 5.41) is 7.10. The van der Waals surface area contributed by atoms with Crippen LogP contribution in [-0.4, -0.2) is 25.3 Å². The van der Waals surface area contributed by atoms with E-state index in [2.05, 4.69) is 25.8 Å². The molecule has 0 amide bonds. The minimum atomic E-state index is 0.740. The van der Waals surface area contributed by atoms with E-state index in [-0.39, 0.29) is 0 Å². The number of guanidine groups is 1. The number of hydrogen-bond donors (Lipinski definition) is 2. The molecule has 0 bridgehead atoms. The molecular formula is C9H12N5+. The van der Waals surface area contributed by atoms with Crippen molar-refractivity contribution >= 4 is 12.2 Å². The van der Waals surface area contributed by atoms with Gasteiger partial charge in [-0.05, 0) is 0 Å². The highest BCUT2D eigenvalue weighted by molar-refractivity contribution is 5.84. The van der Waals surface area contributed by atoms with Gasteiger partial charge in [-0.3, -0.25) is 0 Å². The van der Waals surface area contributed by atoms with Crippen LogP contribution >= 0.6 is 0 Å². The van der Waals surface area contributed by atoms with Crippen molar-refractivity contribution in [2.24, 2.45) is 10.1 Å². The molecule has 1 aromatic rings. The van der Waals surface area contributed by atoms with Crippen molar-refractivity contribution in [3.05, 3.63) is 30.1 Å². The lowest BCUT2D eigenvalue weighted by Gasteiger charge is -1.98. The highest BCUT2D eigenvalue weighted by Crippen LogP contribution is 1.88. The third-order valence-electron chi connectivity index (χ3n) is 1.80. The molecule has 2 heterocycles. The molecule has 0 fully saturated rings. The van der Waals surface area contributed by atoms with E-state index in [1.807, 2.05) is 24.5 Å². The van der Waals surface area contributed by atoms with Crippen molar-refractivity contribution in [2.45, 2.75) is 0 Å². The number of aromatic nitrogens is 1. The molecule has 0 atom stereocenters. The number of rotatable bonds is 2. The number of aliphatic imine (C=N–C) groups is 1. The van der Waals surface area contributed by atoms with E-state index in [4.69, 9.17) is 0 Å². The molecule has 3 N–H and O–H groups in total. The summed E-state index contributed by atoms with van der Waals surface area (Å²) in [5.74, 6) is 0.740. The van der Waals surface area contributed by atoms with Crippen LogP contribution in [0.5, 0.6) is 0 Å². The monoisotopic (exact) mass is 190 g/mol. The fourth-order valence-electron chi connectivity index (χ4n) is 1.13. The first kappa shape index (κ1) is 8.68. The quantitative estimate of drug-likeness (QED) is 0.482. The lowest BCUT2D eigenvalue weighted by atomic mass is 10.3. The second kappa shape index (κ2) is 4.36. The summed E-state index contributed by atoms with van der Waals surface area (Å²) < 4.78 is 0. The van der Waals surface area contributed by atoms with Gasteiger partial charge >= 0.3 is 0 Å². The molecule has 0 aliphatic carbocycles. The van der Waals surface area contributed by atoms with Crippen LogP contribution in [0.1, 0.15) is 5.56 Å². The van der Waals surface area contributed by atoms with Crippen molar-refractivity contribution in [3.8, 4) is 0 Å². The molecule has 0 radical (unpaired) electrons. The van der Waals surface area contributed by atoms with Crippen LogP contribution in [0, 0.1) is 0 Å². The summed E-state index contributed by atoms with van der Waals surface area (Å²) in [7, 11) is 0. The highest BCUT2D eigenvalue weighted by atomic mass is 15.4. The summed E-state index contributed by atoms with van der Waals surface area (Å²) in [5.41, 5.74) is 3.87. The Morgan fingerprint density at radius 3 is 3.07 bits per heavy atom. The van der Waals surface area contributed by atoms with Gasteiger partial charge < -0.3 is 5.32 Å². The molecule has 72 valence electrons. The number of pyridine rings is 1. The van der Waals surface area contributed by atoms with Crippen LogP contribution in [0.25, 0.3) is 0 Å². The molecule has 2 rings (SSSR count). The number of hydrogen-bond acceptors (Lipinski definition) is 4. The van der Waals surface area contributed by atoms with Gasteiger partial charge in [0.25, 0.3) is 0 Å². The molecule has 1 aliphatic rings. The van der Waals surface area contributed by atoms with Gasteiger partial charge in [-0.15, -0.1) is 0 Å². The van der Waals surface area contributed by atoms with Crippen molar-refractivity contribution in [2.75, 3.05) is 13.1 Å². The Balaban J connectivity index is 1.88. The molecule has 14 heavy (non-hydrogen) atoms. The molecule has 1 aromatic heterocycles. The number of aromatic amines is 1. The Kier molecular flexibility index (Phi) is 2.70. The largest absolute Gasteiger partial charge is 0.353 e. The average molecular weight is 190 g/mol. The first-order valence-corrected chi connectivity index (χ1v) is 4.49. The van der Waals surface area contributed by atoms with Crippen LogP contribution in [0.2, 0.25) is 0 Å². The minimum absolute atomic E-state index is 0.740. The van der Waals surface area contributed by atoms with Gasteiger partial charge in [0.2, 0.25) is 5.96 Å². The summed E-state index contributed by atoms with van der Waals surface area (Å²) in [6.07, 6.45) is 5.45. The maximum atomic E-state index is 4.14. The first-order valence-electron chi connectivity index (χ1n) is 4.49. The maximum absolute atomic E-state index is 4.14. The van der Waals surface area contributed by atoms with Crippen LogP contribution in [0.15, 0.2) is 34.6 Å². The number of nitrogens with one attached hydrogen (secondary N) is 3. The van der Waals surface area contributed by atoms with Gasteiger partial charge in [-0.25, -0.2) is 15.4 Å². The predicted molar refractivity (Wildman–Crippen MR) is 54.0 cm³/mol. The number of nitrogens with zero attached hydrogens (tertiary/aromatic N) is 2. The Hall–Kier alpha value is -1.91. The lowest BCUT2D eigenvalue weighted by molar-refractivity contribution is -0.378. The van der Waals surface area contributed by atoms with Gasteiger partial charge in [0.1, 0.15) is 0 Å². The second-order valence-corrected chi connectivity index (χ2v) is 2.86. The van der Waals surface area contributed by atoms with E-state index in [0.717, 1.165) is 24.6 Å². The molecule has 5 heteroatoms. The summed E-state index contributed by atoms with van der Waals surface area (Å²) in [6, 6.07) is 3.88. The minimum Gasteiger partial charge on any atom is -0.353 e. The maximum Gasteiger partial charge on any atom is 0.212 e. The van der Waals surface area contributed by atoms with Gasteiger partial charge in [0.15, 0.2) is 12.4 Å². The van der Waals surface area contributed by atoms with Gasteiger partial charge in [0.05, 0.1) is 12.8 Å². The van der Waals surface area contributed by atoms with Gasteiger partial charge in [0, 0.05) is 24.2 Å². The van der Waals surface area contributed by atoms with E-state index >= 15 is 0 Å². The Bertz CT molecular complexity index is 343. The van der Waals surface area contributed by atoms with Crippen molar-refractivity contribution in [1.82, 2.24) is 10.7 Å². The van der Waals surface area contributed by atoms with Gasteiger partial charge in [-0.2, -0.15) is 5.10 Å². The van der Waals surface area contributed by atoms with E-state index in [9.17, 15) is 0 Å². The van der Waals surface area contributed by atoms with Crippen molar-refractivity contribution in [1.29, 1.82) is 0 Å². The summed E-state index contributed by atoms with van der Waals surface area (Å²) in [4.78, 5) is 7.09. The molecular weight excluding hydrogens is 178 g/mol. The van der Waals surface area contributed by atoms with E-state index in [1.54, 1.807) is 6.21 Å². The smallest absolute Gasteiger partial charge is 0.212 e. The number of hydrazone groups is 1. The lowest BCUT2D eigenvalue weighted by Crippen LogP contribution is -2.30. The van der Waals surface area contributed by atoms with Crippen molar-refractivity contribution in [3.63, 3.8) is 0 Å². The highest BCUT2D eigenvalue weighted by Gasteiger charge is 2.00. The fourth-order valence-corrected chi connectivity index (χ4v) is 1.13. The van der Waals surface area contributed by atoms with E-state index < -0.39 is 0 Å². The zero-order valence-electron chi connectivity index (χ0n) is 7.70. The Morgan fingerprint density at radius 2 is 2.36 bits per heavy atom. The Labute approximate surface area is 82.0 Å². The van der Waals surface area contributed by atoms with Crippen LogP contribution in [0.4, 0.5) is 0 Å². The molecule has 5 nitrogen and oxygen atoms in total. The molecule has 0 unspecified atom stereocenters. The van der Waals surface area contributed by atoms with Crippen LogP contribution in [-0.2, 0) is 0 Å². The third kappa shape index (κ3) is 2.29. The molecule has 1 aliphatic heterocycles. The molecule has 0 saturated heterocycles. The SMILES string of the molecule is C(=N/NC1=NCCN1)/c1cc[nH+]cc1. The predicted octanol–water partition coefficient (Wildman–Crippen LogP) is -0.617. The third-order valence-corrected chi connectivity index (χ3v) is 1.80. The number of H-pyrrole nitrogens is 1. The zero-order chi connectivity index (χ0) is 9.64.